The fourth-order valence-corrected chi connectivity index (χ4v) is 2.24. The highest BCUT2D eigenvalue weighted by Gasteiger charge is 2.26. The van der Waals surface area contributed by atoms with Crippen molar-refractivity contribution >= 4 is 28.2 Å². The summed E-state index contributed by atoms with van der Waals surface area (Å²) in [6, 6.07) is 4.85. The first-order valence-corrected chi connectivity index (χ1v) is 7.89. The van der Waals surface area contributed by atoms with E-state index in [4.69, 9.17) is 5.73 Å². The molecule has 0 aliphatic rings. The molecule has 1 aromatic rings. The van der Waals surface area contributed by atoms with Crippen LogP contribution in [0, 0.1) is 5.92 Å². The smallest absolute Gasteiger partial charge is 0.341 e. The van der Waals surface area contributed by atoms with Crippen LogP contribution in [0.1, 0.15) is 12.5 Å². The lowest BCUT2D eigenvalue weighted by molar-refractivity contribution is -0.120. The topological polar surface area (TPSA) is 89.3 Å². The van der Waals surface area contributed by atoms with E-state index in [2.05, 4.69) is 5.32 Å². The van der Waals surface area contributed by atoms with E-state index < -0.39 is 20.5 Å². The number of halogens is 3. The lowest BCUT2D eigenvalue weighted by Gasteiger charge is -2.10. The zero-order chi connectivity index (χ0) is 16.0. The number of benzene rings is 1. The van der Waals surface area contributed by atoms with Crippen molar-refractivity contribution in [2.45, 2.75) is 24.0 Å². The quantitative estimate of drug-likeness (QED) is 0.772. The van der Waals surface area contributed by atoms with Gasteiger partial charge in [0.25, 0.3) is 0 Å². The molecule has 1 rings (SSSR count). The van der Waals surface area contributed by atoms with Crippen LogP contribution in [0.15, 0.2) is 29.2 Å². The van der Waals surface area contributed by atoms with E-state index in [1.807, 2.05) is 6.92 Å². The van der Waals surface area contributed by atoms with E-state index in [1.54, 1.807) is 0 Å². The second-order valence-electron chi connectivity index (χ2n) is 4.77. The molecule has 1 aromatic carbocycles. The Morgan fingerprint density at radius 2 is 1.82 bits per heavy atom. The molecule has 5 nitrogen and oxygen atoms in total. The van der Waals surface area contributed by atoms with Gasteiger partial charge in [-0.05, 0) is 30.2 Å². The first-order chi connectivity index (χ1) is 9.77. The number of nitrogens with one attached hydrogen (secondary N) is 1. The van der Waals surface area contributed by atoms with E-state index in [9.17, 15) is 22.0 Å². The molecule has 0 heterocycles. The molecule has 3 N–H and O–H groups in total. The van der Waals surface area contributed by atoms with Crippen molar-refractivity contribution in [3.63, 3.8) is 0 Å². The molecule has 0 saturated heterocycles. The van der Waals surface area contributed by atoms with Crippen LogP contribution < -0.4 is 11.1 Å². The molecule has 1 atom stereocenters. The summed E-state index contributed by atoms with van der Waals surface area (Å²) in [6.45, 7) is 2.80. The predicted octanol–water partition coefficient (Wildman–Crippen LogP) is 1.36. The van der Waals surface area contributed by atoms with Crippen LogP contribution in [0.5, 0.6) is 0 Å². The van der Waals surface area contributed by atoms with E-state index in [-0.39, 0.29) is 30.7 Å². The highest BCUT2D eigenvalue weighted by atomic mass is 35.5. The van der Waals surface area contributed by atoms with Crippen molar-refractivity contribution in [2.24, 2.45) is 11.7 Å². The van der Waals surface area contributed by atoms with Gasteiger partial charge in [0.15, 0.2) is 0 Å². The summed E-state index contributed by atoms with van der Waals surface area (Å²) in [6.07, 6.45) is 0.0479. The molecular weight excluding hydrogens is 338 g/mol. The molecule has 0 bridgehead atoms. The normalized spacial score (nSPS) is 12.6. The van der Waals surface area contributed by atoms with Crippen LogP contribution in [0.2, 0.25) is 0 Å². The Hall–Kier alpha value is -1.25. The van der Waals surface area contributed by atoms with Crippen LogP contribution >= 0.6 is 12.4 Å². The SMILES string of the molecule is CC(CN)CNC(=O)Cc1ccc(S(=O)(=O)C(F)F)cc1.Cl. The minimum atomic E-state index is -4.59. The minimum absolute atomic E-state index is 0. The summed E-state index contributed by atoms with van der Waals surface area (Å²) in [7, 11) is -4.59. The molecular formula is C13H19ClF2N2O3S. The van der Waals surface area contributed by atoms with E-state index in [0.29, 0.717) is 18.7 Å². The third kappa shape index (κ3) is 5.86. The average Bonchev–Trinajstić information content (AvgIpc) is 2.45. The maximum Gasteiger partial charge on any atom is 0.341 e. The summed E-state index contributed by atoms with van der Waals surface area (Å²) in [5.41, 5.74) is 5.97. The van der Waals surface area contributed by atoms with Crippen LogP contribution in [-0.2, 0) is 21.1 Å². The van der Waals surface area contributed by atoms with Gasteiger partial charge in [-0.25, -0.2) is 8.42 Å². The summed E-state index contributed by atoms with van der Waals surface area (Å²) in [5, 5.41) is 2.69. The Balaban J connectivity index is 0.00000441. The maximum atomic E-state index is 12.4. The van der Waals surface area contributed by atoms with Gasteiger partial charge in [0, 0.05) is 6.54 Å². The van der Waals surface area contributed by atoms with E-state index in [0.717, 1.165) is 12.1 Å². The van der Waals surface area contributed by atoms with Crippen molar-refractivity contribution < 1.29 is 22.0 Å². The molecule has 1 unspecified atom stereocenters. The number of carbonyl (C=O) groups is 1. The van der Waals surface area contributed by atoms with Gasteiger partial charge in [-0.15, -0.1) is 12.4 Å². The second kappa shape index (κ2) is 9.02. The Morgan fingerprint density at radius 1 is 1.27 bits per heavy atom. The molecule has 0 fully saturated rings. The van der Waals surface area contributed by atoms with Crippen LogP contribution in [0.25, 0.3) is 0 Å². The summed E-state index contributed by atoms with van der Waals surface area (Å²) in [4.78, 5) is 11.2. The molecule has 0 aromatic heterocycles. The van der Waals surface area contributed by atoms with Crippen LogP contribution in [0.3, 0.4) is 0 Å². The Morgan fingerprint density at radius 3 is 2.27 bits per heavy atom. The molecule has 0 aliphatic heterocycles. The first kappa shape index (κ1) is 20.8. The summed E-state index contributed by atoms with van der Waals surface area (Å²) >= 11 is 0. The molecule has 1 amide bonds. The van der Waals surface area contributed by atoms with Gasteiger partial charge in [-0.3, -0.25) is 4.79 Å². The number of hydrogen-bond donors (Lipinski definition) is 2. The number of carbonyl (C=O) groups excluding carboxylic acids is 1. The molecule has 0 radical (unpaired) electrons. The minimum Gasteiger partial charge on any atom is -0.356 e. The monoisotopic (exact) mass is 356 g/mol. The largest absolute Gasteiger partial charge is 0.356 e. The number of sulfone groups is 1. The molecule has 9 heteroatoms. The van der Waals surface area contributed by atoms with Gasteiger partial charge in [0.1, 0.15) is 0 Å². The lowest BCUT2D eigenvalue weighted by Crippen LogP contribution is -2.32. The fraction of sp³-hybridized carbons (Fsp3) is 0.462. The number of amides is 1. The third-order valence-corrected chi connectivity index (χ3v) is 4.30. The van der Waals surface area contributed by atoms with Crippen molar-refractivity contribution in [1.29, 1.82) is 0 Å². The molecule has 0 saturated carbocycles. The molecule has 22 heavy (non-hydrogen) atoms. The van der Waals surface area contributed by atoms with Crippen LogP contribution in [0.4, 0.5) is 8.78 Å². The Kier molecular flexibility index (Phi) is 8.50. The lowest BCUT2D eigenvalue weighted by atomic mass is 10.1. The van der Waals surface area contributed by atoms with E-state index >= 15 is 0 Å². The molecule has 126 valence electrons. The van der Waals surface area contributed by atoms with Crippen molar-refractivity contribution in [2.75, 3.05) is 13.1 Å². The van der Waals surface area contributed by atoms with Crippen molar-refractivity contribution in [3.05, 3.63) is 29.8 Å². The Bertz CT molecular complexity index is 579. The number of rotatable bonds is 7. The van der Waals surface area contributed by atoms with Gasteiger partial charge < -0.3 is 11.1 Å². The second-order valence-corrected chi connectivity index (χ2v) is 6.69. The number of hydrogen-bond acceptors (Lipinski definition) is 4. The van der Waals surface area contributed by atoms with Gasteiger partial charge >= 0.3 is 5.76 Å². The van der Waals surface area contributed by atoms with Crippen LogP contribution in [-0.4, -0.2) is 33.2 Å². The van der Waals surface area contributed by atoms with Gasteiger partial charge in [0.2, 0.25) is 15.7 Å². The molecule has 0 aliphatic carbocycles. The van der Waals surface area contributed by atoms with E-state index in [1.165, 1.54) is 12.1 Å². The van der Waals surface area contributed by atoms with Gasteiger partial charge in [-0.1, -0.05) is 19.1 Å². The van der Waals surface area contributed by atoms with Crippen molar-refractivity contribution in [3.8, 4) is 0 Å². The average molecular weight is 357 g/mol. The zero-order valence-electron chi connectivity index (χ0n) is 12.0. The zero-order valence-corrected chi connectivity index (χ0v) is 13.6. The highest BCUT2D eigenvalue weighted by Crippen LogP contribution is 2.18. The third-order valence-electron chi connectivity index (χ3n) is 2.90. The highest BCUT2D eigenvalue weighted by molar-refractivity contribution is 7.91. The van der Waals surface area contributed by atoms with Crippen molar-refractivity contribution in [1.82, 2.24) is 5.32 Å². The predicted molar refractivity (Wildman–Crippen MR) is 81.8 cm³/mol. The fourth-order valence-electron chi connectivity index (χ4n) is 1.52. The standard InChI is InChI=1S/C13H18F2N2O3S.ClH/c1-9(7-16)8-17-12(18)6-10-2-4-11(5-3-10)21(19,20)13(14)15;/h2-5,9,13H,6-8,16H2,1H3,(H,17,18);1H. The summed E-state index contributed by atoms with van der Waals surface area (Å²) < 4.78 is 47.2. The number of alkyl halides is 2. The van der Waals surface area contributed by atoms with Gasteiger partial charge in [0.05, 0.1) is 11.3 Å². The number of nitrogens with two attached hydrogens (primary N) is 1. The maximum absolute atomic E-state index is 12.4. The first-order valence-electron chi connectivity index (χ1n) is 6.35. The summed E-state index contributed by atoms with van der Waals surface area (Å²) in [5.74, 6) is -3.53. The van der Waals surface area contributed by atoms with Gasteiger partial charge in [-0.2, -0.15) is 8.78 Å². The molecule has 0 spiro atoms. The Labute approximate surface area is 134 Å².